The van der Waals surface area contributed by atoms with Crippen molar-refractivity contribution >= 4 is 34.2 Å². The number of piperazine rings is 1. The molecule has 2 saturated heterocycles. The fourth-order valence-electron chi connectivity index (χ4n) is 5.60. The summed E-state index contributed by atoms with van der Waals surface area (Å²) < 4.78 is 18.4. The number of nitrogens with zero attached hydrogens (tertiary/aromatic N) is 6. The minimum Gasteiger partial charge on any atom is -0.493 e. The lowest BCUT2D eigenvalue weighted by molar-refractivity contribution is 0.265. The number of ether oxygens (including phenoxy) is 3. The summed E-state index contributed by atoms with van der Waals surface area (Å²) >= 11 is 0. The molecule has 2 aliphatic rings. The number of hydrogen-bond donors (Lipinski definition) is 3. The van der Waals surface area contributed by atoms with Gasteiger partial charge in [-0.25, -0.2) is 9.97 Å². The Balaban J connectivity index is 1.37. The van der Waals surface area contributed by atoms with Crippen molar-refractivity contribution in [2.45, 2.75) is 18.9 Å². The van der Waals surface area contributed by atoms with Crippen molar-refractivity contribution in [3.05, 3.63) is 42.9 Å². The summed E-state index contributed by atoms with van der Waals surface area (Å²) in [6, 6.07) is 10.1. The Morgan fingerprint density at radius 3 is 2.46 bits per heavy atom. The molecule has 12 heteroatoms. The number of methoxy groups -OCH3 is 3. The maximum Gasteiger partial charge on any atom is 0.228 e. The summed E-state index contributed by atoms with van der Waals surface area (Å²) in [6.07, 6.45) is 5.52. The molecule has 3 N–H and O–H groups in total. The van der Waals surface area contributed by atoms with Crippen LogP contribution >= 0.6 is 0 Å². The van der Waals surface area contributed by atoms with E-state index in [1.54, 1.807) is 27.7 Å². The first-order valence-electron chi connectivity index (χ1n) is 13.9. The molecule has 2 aliphatic heterocycles. The fraction of sp³-hybridized carbons (Fsp3) is 0.414. The van der Waals surface area contributed by atoms with Crippen LogP contribution in [0.4, 0.5) is 23.3 Å². The highest BCUT2D eigenvalue weighted by atomic mass is 16.5. The van der Waals surface area contributed by atoms with Crippen LogP contribution in [0.1, 0.15) is 12.8 Å². The molecule has 6 rings (SSSR count). The van der Waals surface area contributed by atoms with Gasteiger partial charge in [0.2, 0.25) is 11.7 Å². The van der Waals surface area contributed by atoms with E-state index in [0.717, 1.165) is 67.8 Å². The van der Waals surface area contributed by atoms with E-state index >= 15 is 0 Å². The zero-order chi connectivity index (χ0) is 28.3. The minimum absolute atomic E-state index is 0.0101. The Morgan fingerprint density at radius 2 is 1.76 bits per heavy atom. The average Bonchev–Trinajstić information content (AvgIpc) is 3.70. The van der Waals surface area contributed by atoms with E-state index < -0.39 is 0 Å². The van der Waals surface area contributed by atoms with Crippen LogP contribution in [0.2, 0.25) is 0 Å². The third-order valence-corrected chi connectivity index (χ3v) is 7.77. The summed E-state index contributed by atoms with van der Waals surface area (Å²) in [5.74, 6) is 3.53. The first-order chi connectivity index (χ1) is 20.1. The molecule has 0 unspecified atom stereocenters. The second kappa shape index (κ2) is 11.7. The molecule has 41 heavy (non-hydrogen) atoms. The monoisotopic (exact) mass is 560 g/mol. The number of imidazole rings is 1. The van der Waals surface area contributed by atoms with Gasteiger partial charge in [0.1, 0.15) is 18.0 Å². The molecule has 4 heterocycles. The Bertz CT molecular complexity index is 1500. The van der Waals surface area contributed by atoms with Gasteiger partial charge in [-0.05, 0) is 31.0 Å². The number of hydrogen-bond acceptors (Lipinski definition) is 11. The number of benzene rings is 2. The van der Waals surface area contributed by atoms with Crippen molar-refractivity contribution in [1.82, 2.24) is 24.8 Å². The van der Waals surface area contributed by atoms with Crippen molar-refractivity contribution in [2.75, 3.05) is 75.8 Å². The summed E-state index contributed by atoms with van der Waals surface area (Å²) in [4.78, 5) is 19.0. The zero-order valence-corrected chi connectivity index (χ0v) is 23.6. The lowest BCUT2D eigenvalue weighted by atomic mass is 10.2. The number of aromatic nitrogens is 4. The Labute approximate surface area is 238 Å². The van der Waals surface area contributed by atoms with E-state index in [1.165, 1.54) is 0 Å². The number of nitrogens with one attached hydrogen (secondary N) is 2. The summed E-state index contributed by atoms with van der Waals surface area (Å²) in [7, 11) is 4.77. The molecule has 0 saturated carbocycles. The summed E-state index contributed by atoms with van der Waals surface area (Å²) in [6.45, 7) is 4.70. The van der Waals surface area contributed by atoms with Crippen LogP contribution in [-0.2, 0) is 0 Å². The average molecular weight is 561 g/mol. The SMILES string of the molecule is COc1cc(-n2cnc(Nc3nc(N4CCC[C@H]4CO)nc4cc(N5CCNCC5)ccc34)c2)cc(OC)c1OC. The van der Waals surface area contributed by atoms with E-state index in [2.05, 4.69) is 43.6 Å². The molecule has 216 valence electrons. The second-order valence-corrected chi connectivity index (χ2v) is 10.2. The maximum atomic E-state index is 9.98. The first-order valence-corrected chi connectivity index (χ1v) is 13.9. The Kier molecular flexibility index (Phi) is 7.66. The van der Waals surface area contributed by atoms with E-state index in [0.29, 0.717) is 34.8 Å². The largest absolute Gasteiger partial charge is 0.493 e. The number of fused-ring (bicyclic) bond motifs is 1. The number of anilines is 4. The molecular formula is C29H36N8O4. The maximum absolute atomic E-state index is 9.98. The van der Waals surface area contributed by atoms with Crippen molar-refractivity contribution < 1.29 is 19.3 Å². The van der Waals surface area contributed by atoms with Gasteiger partial charge in [-0.2, -0.15) is 4.98 Å². The third kappa shape index (κ3) is 5.27. The topological polar surface area (TPSA) is 122 Å². The van der Waals surface area contributed by atoms with Crippen LogP contribution < -0.4 is 34.6 Å². The smallest absolute Gasteiger partial charge is 0.228 e. The fourth-order valence-corrected chi connectivity index (χ4v) is 5.60. The molecule has 4 aromatic rings. The second-order valence-electron chi connectivity index (χ2n) is 10.2. The Morgan fingerprint density at radius 1 is 0.976 bits per heavy atom. The zero-order valence-electron chi connectivity index (χ0n) is 23.6. The van der Waals surface area contributed by atoms with E-state index in [4.69, 9.17) is 24.2 Å². The lowest BCUT2D eigenvalue weighted by Crippen LogP contribution is -2.43. The van der Waals surface area contributed by atoms with Gasteiger partial charge in [-0.15, -0.1) is 0 Å². The van der Waals surface area contributed by atoms with E-state index in [9.17, 15) is 5.11 Å². The van der Waals surface area contributed by atoms with Gasteiger partial charge in [0, 0.05) is 55.9 Å². The van der Waals surface area contributed by atoms with Crippen LogP contribution in [0.15, 0.2) is 42.9 Å². The van der Waals surface area contributed by atoms with Crippen LogP contribution in [0.25, 0.3) is 16.6 Å². The predicted molar refractivity (Wildman–Crippen MR) is 159 cm³/mol. The van der Waals surface area contributed by atoms with Crippen molar-refractivity contribution in [1.29, 1.82) is 0 Å². The normalized spacial score (nSPS) is 17.2. The van der Waals surface area contributed by atoms with Gasteiger partial charge in [0.15, 0.2) is 11.5 Å². The van der Waals surface area contributed by atoms with Crippen LogP contribution in [0.5, 0.6) is 17.2 Å². The number of aliphatic hydroxyl groups is 1. The molecule has 0 amide bonds. The highest BCUT2D eigenvalue weighted by Crippen LogP contribution is 2.39. The van der Waals surface area contributed by atoms with Crippen molar-refractivity contribution in [3.63, 3.8) is 0 Å². The minimum atomic E-state index is 0.0101. The summed E-state index contributed by atoms with van der Waals surface area (Å²) in [5, 5.41) is 17.7. The van der Waals surface area contributed by atoms with Crippen molar-refractivity contribution in [3.8, 4) is 22.9 Å². The summed E-state index contributed by atoms with van der Waals surface area (Å²) in [5.41, 5.74) is 2.79. The first kappa shape index (κ1) is 26.9. The molecule has 0 aliphatic carbocycles. The van der Waals surface area contributed by atoms with E-state index in [1.807, 2.05) is 22.9 Å². The van der Waals surface area contributed by atoms with Crippen LogP contribution in [0.3, 0.4) is 0 Å². The van der Waals surface area contributed by atoms with Gasteiger partial charge in [-0.3, -0.25) is 0 Å². The van der Waals surface area contributed by atoms with Gasteiger partial charge in [-0.1, -0.05) is 0 Å². The predicted octanol–water partition coefficient (Wildman–Crippen LogP) is 2.96. The molecular weight excluding hydrogens is 524 g/mol. The molecule has 0 radical (unpaired) electrons. The van der Waals surface area contributed by atoms with E-state index in [-0.39, 0.29) is 12.6 Å². The molecule has 2 aromatic heterocycles. The molecule has 12 nitrogen and oxygen atoms in total. The van der Waals surface area contributed by atoms with Gasteiger partial charge < -0.3 is 44.3 Å². The van der Waals surface area contributed by atoms with Gasteiger partial charge >= 0.3 is 0 Å². The highest BCUT2D eigenvalue weighted by molar-refractivity contribution is 5.93. The lowest BCUT2D eigenvalue weighted by Gasteiger charge is -2.29. The van der Waals surface area contributed by atoms with Crippen LogP contribution in [0, 0.1) is 0 Å². The van der Waals surface area contributed by atoms with Gasteiger partial charge in [0.05, 0.1) is 51.4 Å². The van der Waals surface area contributed by atoms with Gasteiger partial charge in [0.25, 0.3) is 0 Å². The standard InChI is InChI=1S/C29H36N8O4/c1-39-24-14-21(15-25(40-2)27(24)41-3)36-16-26(31-18-36)33-28-22-7-6-19(35-11-8-30-9-12-35)13-23(22)32-29(34-28)37-10-4-5-20(37)17-38/h6-7,13-16,18,20,30,38H,4-5,8-12,17H2,1-3H3,(H,32,33,34)/t20-/m0/s1. The molecule has 0 bridgehead atoms. The quantitative estimate of drug-likeness (QED) is 0.280. The molecule has 1 atom stereocenters. The highest BCUT2D eigenvalue weighted by Gasteiger charge is 2.27. The number of rotatable bonds is 9. The molecule has 0 spiro atoms. The molecule has 2 aromatic carbocycles. The number of aliphatic hydroxyl groups excluding tert-OH is 1. The Hall–Kier alpha value is -4.29. The third-order valence-electron chi connectivity index (χ3n) is 7.77. The van der Waals surface area contributed by atoms with Crippen molar-refractivity contribution in [2.24, 2.45) is 0 Å². The van der Waals surface area contributed by atoms with Crippen LogP contribution in [-0.4, -0.2) is 91.3 Å². The molecule has 2 fully saturated rings.